The number of rotatable bonds is 13. The standard InChI is InChI=1S/C27H46O.C7H11N3O2.C6H14N4O2/c1-18(2)7-6-8-19(3)23-11-12-24-22-10-9-20-17-21(28)13-15-26(20,4)25(22)14-16-27(23,24)5;1-12-7(11)6(8)2-5-3-9-4-10-5;7-4(5(11)12)2-1-3-10-6(8)9/h9,18-19,21-25,28H,6-8,10-17H2,1-5H3;3-4,6H,2,8H2,1H3,(H,9,10);4H,1-3,7H2,(H,11,12)(H4,8,9,10)/t19?,21-,22-,23+,24-,25-,26-,27+;;/m0../s1. The largest absolute Gasteiger partial charge is 0.480 e. The lowest BCUT2D eigenvalue weighted by Gasteiger charge is -2.58. The van der Waals surface area contributed by atoms with Gasteiger partial charge in [0.2, 0.25) is 0 Å². The van der Waals surface area contributed by atoms with Crippen molar-refractivity contribution in [2.24, 2.45) is 63.5 Å². The molecule has 0 aliphatic heterocycles. The van der Waals surface area contributed by atoms with Gasteiger partial charge in [0.05, 0.1) is 25.2 Å². The molecule has 10 atom stereocenters. The fourth-order valence-electron chi connectivity index (χ4n) is 10.2. The third-order valence-corrected chi connectivity index (χ3v) is 13.1. The minimum Gasteiger partial charge on any atom is -0.480 e. The van der Waals surface area contributed by atoms with Gasteiger partial charge in [-0.15, -0.1) is 0 Å². The van der Waals surface area contributed by atoms with Crippen molar-refractivity contribution in [3.05, 3.63) is 29.9 Å². The van der Waals surface area contributed by atoms with Crippen molar-refractivity contribution < 1.29 is 24.5 Å². The third-order valence-electron chi connectivity index (χ3n) is 13.1. The van der Waals surface area contributed by atoms with Crippen LogP contribution in [-0.2, 0) is 20.7 Å². The van der Waals surface area contributed by atoms with Crippen LogP contribution in [0, 0.1) is 51.7 Å². The zero-order valence-electron chi connectivity index (χ0n) is 32.8. The number of imidazole rings is 1. The maximum absolute atomic E-state index is 10.9. The van der Waals surface area contributed by atoms with Gasteiger partial charge in [0.25, 0.3) is 0 Å². The van der Waals surface area contributed by atoms with Crippen LogP contribution in [0.15, 0.2) is 24.2 Å². The van der Waals surface area contributed by atoms with Crippen LogP contribution in [0.3, 0.4) is 0 Å². The number of aliphatic hydroxyl groups is 1. The fraction of sp³-hybridized carbons (Fsp3) is 0.800. The molecule has 3 unspecified atom stereocenters. The zero-order chi connectivity index (χ0) is 38.6. The number of aliphatic hydroxyl groups excluding tert-OH is 1. The highest BCUT2D eigenvalue weighted by molar-refractivity contribution is 5.75. The summed E-state index contributed by atoms with van der Waals surface area (Å²) in [7, 11) is 1.31. The number of fused-ring (bicyclic) bond motifs is 5. The number of aliphatic carboxylic acids is 1. The molecule has 3 fully saturated rings. The van der Waals surface area contributed by atoms with E-state index in [1.54, 1.807) is 18.1 Å². The monoisotopic (exact) mass is 730 g/mol. The molecule has 296 valence electrons. The maximum atomic E-state index is 10.9. The molecule has 0 aromatic carbocycles. The number of carbonyl (C=O) groups excluding carboxylic acids is 1. The first kappa shape index (κ1) is 43.4. The Bertz CT molecular complexity index is 1310. The number of nitrogens with zero attached hydrogens (tertiary/aromatic N) is 1. The Morgan fingerprint density at radius 2 is 1.79 bits per heavy atom. The van der Waals surface area contributed by atoms with Gasteiger partial charge < -0.3 is 42.5 Å². The number of hydrogen-bond donors (Lipinski definition) is 8. The smallest absolute Gasteiger partial charge is 0.323 e. The summed E-state index contributed by atoms with van der Waals surface area (Å²) in [6.07, 6.45) is 21.8. The Balaban J connectivity index is 0.000000252. The molecular weight excluding hydrogens is 658 g/mol. The summed E-state index contributed by atoms with van der Waals surface area (Å²) in [5, 5.41) is 27.9. The van der Waals surface area contributed by atoms with Gasteiger partial charge in [0.1, 0.15) is 12.1 Å². The minimum atomic E-state index is -1.00. The number of guanidine groups is 1. The van der Waals surface area contributed by atoms with Crippen LogP contribution in [0.4, 0.5) is 0 Å². The summed E-state index contributed by atoms with van der Waals surface area (Å²) in [6, 6.07) is -1.45. The quantitative estimate of drug-likeness (QED) is 0.0418. The van der Waals surface area contributed by atoms with Gasteiger partial charge >= 0.3 is 11.9 Å². The van der Waals surface area contributed by atoms with Gasteiger partial charge in [-0.25, -0.2) is 4.98 Å². The molecule has 4 aliphatic rings. The van der Waals surface area contributed by atoms with E-state index >= 15 is 0 Å². The number of carboxylic acids is 1. The van der Waals surface area contributed by atoms with Gasteiger partial charge in [-0.05, 0) is 111 Å². The lowest BCUT2D eigenvalue weighted by atomic mass is 9.47. The molecule has 1 aromatic rings. The van der Waals surface area contributed by atoms with Crippen LogP contribution in [0.1, 0.15) is 124 Å². The molecular formula is C40H71N7O5. The summed E-state index contributed by atoms with van der Waals surface area (Å²) in [6.45, 7) is 13.1. The molecule has 0 amide bonds. The van der Waals surface area contributed by atoms with Crippen molar-refractivity contribution in [3.8, 4) is 0 Å². The molecule has 0 saturated heterocycles. The summed E-state index contributed by atoms with van der Waals surface area (Å²) in [5.41, 5.74) is 19.1. The van der Waals surface area contributed by atoms with E-state index in [1.807, 2.05) is 0 Å². The molecule has 5 rings (SSSR count). The van der Waals surface area contributed by atoms with E-state index in [1.165, 1.54) is 64.9 Å². The van der Waals surface area contributed by atoms with Crippen molar-refractivity contribution in [2.75, 3.05) is 13.7 Å². The number of carboxylic acid groups (broad SMARTS) is 1. The number of esters is 1. The van der Waals surface area contributed by atoms with Crippen molar-refractivity contribution in [2.45, 2.75) is 143 Å². The summed E-state index contributed by atoms with van der Waals surface area (Å²) in [5.74, 6) is 3.92. The van der Waals surface area contributed by atoms with Crippen molar-refractivity contribution >= 4 is 17.9 Å². The Labute approximate surface area is 312 Å². The Morgan fingerprint density at radius 1 is 1.06 bits per heavy atom. The second kappa shape index (κ2) is 19.9. The van der Waals surface area contributed by atoms with E-state index in [-0.39, 0.29) is 12.1 Å². The number of aromatic amines is 1. The molecule has 1 aromatic heterocycles. The van der Waals surface area contributed by atoms with Gasteiger partial charge in [0.15, 0.2) is 5.96 Å². The first-order valence-corrected chi connectivity index (χ1v) is 19.8. The number of allylic oxidation sites excluding steroid dienone is 1. The van der Waals surface area contributed by atoms with Crippen molar-refractivity contribution in [1.29, 1.82) is 5.41 Å². The molecule has 3 saturated carbocycles. The molecule has 0 bridgehead atoms. The third kappa shape index (κ3) is 11.5. The SMILES string of the molecule is CC(C)CCCC(C)[C@H]1CC[C@H]2[C@@H]3CC=C4C[C@@H](O)CC[C@]4(C)[C@H]3CC[C@]12C.COC(=O)C(N)Cc1c[nH]cn1.N=C(N)NCCCC(N)C(=O)O. The highest BCUT2D eigenvalue weighted by Gasteiger charge is 2.59. The lowest BCUT2D eigenvalue weighted by molar-refractivity contribution is -0.142. The molecule has 12 heteroatoms. The van der Waals surface area contributed by atoms with Crippen LogP contribution in [0.2, 0.25) is 0 Å². The van der Waals surface area contributed by atoms with Gasteiger partial charge in [-0.2, -0.15) is 0 Å². The highest BCUT2D eigenvalue weighted by Crippen LogP contribution is 2.67. The summed E-state index contributed by atoms with van der Waals surface area (Å²) >= 11 is 0. The molecule has 0 spiro atoms. The number of ether oxygens (including phenoxy) is 1. The maximum Gasteiger partial charge on any atom is 0.323 e. The number of nitrogens with two attached hydrogens (primary N) is 3. The Morgan fingerprint density at radius 3 is 2.40 bits per heavy atom. The second-order valence-corrected chi connectivity index (χ2v) is 17.0. The highest BCUT2D eigenvalue weighted by atomic mass is 16.5. The van der Waals surface area contributed by atoms with Crippen LogP contribution >= 0.6 is 0 Å². The van der Waals surface area contributed by atoms with E-state index in [9.17, 15) is 14.7 Å². The number of hydrogen-bond acceptors (Lipinski definition) is 8. The number of H-pyrrole nitrogens is 1. The summed E-state index contributed by atoms with van der Waals surface area (Å²) in [4.78, 5) is 27.8. The topological polar surface area (TPSA) is 226 Å². The minimum absolute atomic E-state index is 0.0766. The first-order chi connectivity index (χ1) is 24.5. The lowest BCUT2D eigenvalue weighted by Crippen LogP contribution is -2.50. The molecule has 12 nitrogen and oxygen atoms in total. The van der Waals surface area contributed by atoms with Crippen LogP contribution in [-0.4, -0.2) is 69.9 Å². The molecule has 4 aliphatic carbocycles. The molecule has 52 heavy (non-hydrogen) atoms. The second-order valence-electron chi connectivity index (χ2n) is 17.0. The van der Waals surface area contributed by atoms with E-state index in [4.69, 9.17) is 27.7 Å². The van der Waals surface area contributed by atoms with Crippen molar-refractivity contribution in [3.63, 3.8) is 0 Å². The molecule has 0 radical (unpaired) electrons. The number of methoxy groups -OCH3 is 1. The Kier molecular flexibility index (Phi) is 16.6. The van der Waals surface area contributed by atoms with E-state index < -0.39 is 24.0 Å². The van der Waals surface area contributed by atoms with Crippen LogP contribution in [0.25, 0.3) is 0 Å². The van der Waals surface area contributed by atoms with Gasteiger partial charge in [0, 0.05) is 19.2 Å². The average molecular weight is 730 g/mol. The zero-order valence-corrected chi connectivity index (χ0v) is 32.8. The summed E-state index contributed by atoms with van der Waals surface area (Å²) < 4.78 is 4.46. The first-order valence-electron chi connectivity index (χ1n) is 19.8. The van der Waals surface area contributed by atoms with Crippen molar-refractivity contribution in [1.82, 2.24) is 15.3 Å². The predicted octanol–water partition coefficient (Wildman–Crippen LogP) is 5.50. The van der Waals surface area contributed by atoms with E-state index in [0.29, 0.717) is 36.6 Å². The Hall–Kier alpha value is -2.96. The normalized spacial score (nSPS) is 30.7. The molecule has 1 heterocycles. The van der Waals surface area contributed by atoms with Gasteiger partial charge in [-0.3, -0.25) is 15.0 Å². The average Bonchev–Trinajstić information content (AvgIpc) is 3.74. The fourth-order valence-corrected chi connectivity index (χ4v) is 10.2. The predicted molar refractivity (Wildman–Crippen MR) is 206 cm³/mol. The number of nitrogens with one attached hydrogen (secondary N) is 3. The van der Waals surface area contributed by atoms with E-state index in [0.717, 1.165) is 54.0 Å². The van der Waals surface area contributed by atoms with Gasteiger partial charge in [-0.1, -0.05) is 65.5 Å². The number of carbonyl (C=O) groups is 2. The van der Waals surface area contributed by atoms with Crippen LogP contribution < -0.4 is 22.5 Å². The van der Waals surface area contributed by atoms with E-state index in [2.05, 4.69) is 60.7 Å². The number of aromatic nitrogens is 2. The van der Waals surface area contributed by atoms with Crippen LogP contribution in [0.5, 0.6) is 0 Å². The molecule has 11 N–H and O–H groups in total.